The Morgan fingerprint density at radius 1 is 1.54 bits per heavy atom. The molecule has 3 heteroatoms. The van der Waals surface area contributed by atoms with Crippen LogP contribution in [0.2, 0.25) is 0 Å². The van der Waals surface area contributed by atoms with E-state index in [1.54, 1.807) is 12.3 Å². The first-order valence-electron chi connectivity index (χ1n) is 4.30. The number of aliphatic carboxylic acids is 1. The van der Waals surface area contributed by atoms with Crippen molar-refractivity contribution in [3.05, 3.63) is 23.7 Å². The first-order valence-corrected chi connectivity index (χ1v) is 4.30. The molecular formula is C10H14O3. The van der Waals surface area contributed by atoms with E-state index in [1.807, 2.05) is 20.8 Å². The molecule has 0 radical (unpaired) electrons. The first kappa shape index (κ1) is 9.84. The summed E-state index contributed by atoms with van der Waals surface area (Å²) in [6.07, 6.45) is 1.58. The van der Waals surface area contributed by atoms with Crippen LogP contribution >= 0.6 is 0 Å². The normalized spacial score (nSPS) is 13.2. The third-order valence-electron chi connectivity index (χ3n) is 1.99. The molecule has 1 atom stereocenters. The molecule has 1 heterocycles. The molecule has 0 aliphatic carbocycles. The molecule has 1 aromatic heterocycles. The lowest BCUT2D eigenvalue weighted by Gasteiger charge is -2.12. The number of rotatable bonds is 3. The molecule has 0 aliphatic heterocycles. The molecule has 0 saturated heterocycles. The topological polar surface area (TPSA) is 50.4 Å². The molecular weight excluding hydrogens is 168 g/mol. The molecule has 0 fully saturated rings. The van der Waals surface area contributed by atoms with Crippen molar-refractivity contribution < 1.29 is 14.3 Å². The SMILES string of the molecule is Cc1coc(C(C(=O)O)C(C)C)c1. The minimum atomic E-state index is -0.829. The third-order valence-corrected chi connectivity index (χ3v) is 1.99. The van der Waals surface area contributed by atoms with Crippen molar-refractivity contribution in [2.45, 2.75) is 26.7 Å². The smallest absolute Gasteiger partial charge is 0.314 e. The van der Waals surface area contributed by atoms with Crippen LogP contribution in [0.1, 0.15) is 31.1 Å². The predicted octanol–water partition coefficient (Wildman–Crippen LogP) is 2.41. The second-order valence-corrected chi connectivity index (χ2v) is 3.59. The van der Waals surface area contributed by atoms with E-state index in [2.05, 4.69) is 0 Å². The Kier molecular flexibility index (Phi) is 2.76. The number of furan rings is 1. The molecule has 13 heavy (non-hydrogen) atoms. The van der Waals surface area contributed by atoms with Crippen molar-refractivity contribution in [2.24, 2.45) is 5.92 Å². The van der Waals surface area contributed by atoms with Gasteiger partial charge in [0, 0.05) is 0 Å². The third kappa shape index (κ3) is 2.11. The zero-order valence-corrected chi connectivity index (χ0v) is 8.07. The summed E-state index contributed by atoms with van der Waals surface area (Å²) in [6.45, 7) is 5.62. The first-order chi connectivity index (χ1) is 6.02. The molecule has 0 saturated carbocycles. The van der Waals surface area contributed by atoms with Crippen molar-refractivity contribution in [1.29, 1.82) is 0 Å². The molecule has 1 rings (SSSR count). The van der Waals surface area contributed by atoms with Crippen LogP contribution in [-0.4, -0.2) is 11.1 Å². The second kappa shape index (κ2) is 3.64. The van der Waals surface area contributed by atoms with Gasteiger partial charge in [0.25, 0.3) is 0 Å². The van der Waals surface area contributed by atoms with E-state index in [1.165, 1.54) is 0 Å². The highest BCUT2D eigenvalue weighted by molar-refractivity contribution is 5.75. The maximum absolute atomic E-state index is 10.9. The van der Waals surface area contributed by atoms with Gasteiger partial charge >= 0.3 is 5.97 Å². The molecule has 0 bridgehead atoms. The summed E-state index contributed by atoms with van der Waals surface area (Å²) in [5, 5.41) is 8.95. The van der Waals surface area contributed by atoms with Crippen molar-refractivity contribution in [2.75, 3.05) is 0 Å². The van der Waals surface area contributed by atoms with Gasteiger partial charge in [-0.25, -0.2) is 0 Å². The van der Waals surface area contributed by atoms with E-state index < -0.39 is 11.9 Å². The number of carboxylic acid groups (broad SMARTS) is 1. The quantitative estimate of drug-likeness (QED) is 0.780. The van der Waals surface area contributed by atoms with E-state index in [4.69, 9.17) is 9.52 Å². The Bertz CT molecular complexity index is 299. The van der Waals surface area contributed by atoms with Crippen LogP contribution in [0, 0.1) is 12.8 Å². The van der Waals surface area contributed by atoms with E-state index in [0.29, 0.717) is 5.76 Å². The van der Waals surface area contributed by atoms with Gasteiger partial charge in [-0.1, -0.05) is 13.8 Å². The maximum atomic E-state index is 10.9. The summed E-state index contributed by atoms with van der Waals surface area (Å²) in [6, 6.07) is 1.78. The summed E-state index contributed by atoms with van der Waals surface area (Å²) in [5.74, 6) is -0.777. The van der Waals surface area contributed by atoms with E-state index in [0.717, 1.165) is 5.56 Å². The minimum Gasteiger partial charge on any atom is -0.481 e. The molecule has 0 amide bonds. The molecule has 1 aromatic rings. The highest BCUT2D eigenvalue weighted by Gasteiger charge is 2.26. The molecule has 3 nitrogen and oxygen atoms in total. The fraction of sp³-hybridized carbons (Fsp3) is 0.500. The van der Waals surface area contributed by atoms with E-state index in [-0.39, 0.29) is 5.92 Å². The van der Waals surface area contributed by atoms with Crippen LogP contribution in [0.15, 0.2) is 16.7 Å². The number of hydrogen-bond acceptors (Lipinski definition) is 2. The fourth-order valence-electron chi connectivity index (χ4n) is 1.35. The van der Waals surface area contributed by atoms with Crippen LogP contribution in [0.5, 0.6) is 0 Å². The lowest BCUT2D eigenvalue weighted by Crippen LogP contribution is -2.16. The Balaban J connectivity index is 2.95. The highest BCUT2D eigenvalue weighted by Crippen LogP contribution is 2.26. The standard InChI is InChI=1S/C10H14O3/c1-6(2)9(10(11)12)8-4-7(3)5-13-8/h4-6,9H,1-3H3,(H,11,12). The molecule has 0 aliphatic rings. The van der Waals surface area contributed by atoms with Gasteiger partial charge < -0.3 is 9.52 Å². The van der Waals surface area contributed by atoms with Crippen molar-refractivity contribution >= 4 is 5.97 Å². The summed E-state index contributed by atoms with van der Waals surface area (Å²) in [4.78, 5) is 10.9. The van der Waals surface area contributed by atoms with Crippen LogP contribution in [0.3, 0.4) is 0 Å². The molecule has 1 N–H and O–H groups in total. The van der Waals surface area contributed by atoms with E-state index in [9.17, 15) is 4.79 Å². The summed E-state index contributed by atoms with van der Waals surface area (Å²) >= 11 is 0. The number of hydrogen-bond donors (Lipinski definition) is 1. The zero-order valence-electron chi connectivity index (χ0n) is 8.07. The van der Waals surface area contributed by atoms with Crippen molar-refractivity contribution in [1.82, 2.24) is 0 Å². The number of aryl methyl sites for hydroxylation is 1. The van der Waals surface area contributed by atoms with Gasteiger partial charge in [0.1, 0.15) is 11.7 Å². The van der Waals surface area contributed by atoms with Gasteiger partial charge in [-0.05, 0) is 24.5 Å². The zero-order chi connectivity index (χ0) is 10.0. The molecule has 72 valence electrons. The Morgan fingerprint density at radius 2 is 2.15 bits per heavy atom. The monoisotopic (exact) mass is 182 g/mol. The van der Waals surface area contributed by atoms with Gasteiger partial charge in [0.2, 0.25) is 0 Å². The predicted molar refractivity (Wildman–Crippen MR) is 48.7 cm³/mol. The number of carbonyl (C=O) groups is 1. The minimum absolute atomic E-state index is 0.0445. The van der Waals surface area contributed by atoms with Gasteiger partial charge in [0.15, 0.2) is 0 Å². The Labute approximate surface area is 77.4 Å². The Hall–Kier alpha value is -1.25. The average Bonchev–Trinajstić information content (AvgIpc) is 2.34. The maximum Gasteiger partial charge on any atom is 0.314 e. The highest BCUT2D eigenvalue weighted by atomic mass is 16.4. The van der Waals surface area contributed by atoms with Crippen LogP contribution in [-0.2, 0) is 4.79 Å². The molecule has 0 spiro atoms. The van der Waals surface area contributed by atoms with Gasteiger partial charge in [-0.2, -0.15) is 0 Å². The fourth-order valence-corrected chi connectivity index (χ4v) is 1.35. The lowest BCUT2D eigenvalue weighted by molar-refractivity contribution is -0.140. The van der Waals surface area contributed by atoms with Gasteiger partial charge in [-0.3, -0.25) is 4.79 Å². The van der Waals surface area contributed by atoms with Crippen LogP contribution < -0.4 is 0 Å². The average molecular weight is 182 g/mol. The molecule has 1 unspecified atom stereocenters. The molecule has 0 aromatic carbocycles. The Morgan fingerprint density at radius 3 is 2.46 bits per heavy atom. The summed E-state index contributed by atoms with van der Waals surface area (Å²) in [5.41, 5.74) is 0.960. The van der Waals surface area contributed by atoms with E-state index >= 15 is 0 Å². The largest absolute Gasteiger partial charge is 0.481 e. The summed E-state index contributed by atoms with van der Waals surface area (Å²) in [7, 11) is 0. The van der Waals surface area contributed by atoms with Crippen LogP contribution in [0.4, 0.5) is 0 Å². The van der Waals surface area contributed by atoms with Gasteiger partial charge in [-0.15, -0.1) is 0 Å². The van der Waals surface area contributed by atoms with Crippen molar-refractivity contribution in [3.63, 3.8) is 0 Å². The second-order valence-electron chi connectivity index (χ2n) is 3.59. The lowest BCUT2D eigenvalue weighted by atomic mass is 9.93. The van der Waals surface area contributed by atoms with Gasteiger partial charge in [0.05, 0.1) is 6.26 Å². The van der Waals surface area contributed by atoms with Crippen LogP contribution in [0.25, 0.3) is 0 Å². The van der Waals surface area contributed by atoms with Crippen molar-refractivity contribution in [3.8, 4) is 0 Å². The summed E-state index contributed by atoms with van der Waals surface area (Å²) < 4.78 is 5.17. The number of carboxylic acids is 1.